The summed E-state index contributed by atoms with van der Waals surface area (Å²) < 4.78 is 25.2. The second kappa shape index (κ2) is 11.3. The first-order valence-corrected chi connectivity index (χ1v) is 17.1. The third-order valence-corrected chi connectivity index (χ3v) is 11.4. The summed E-state index contributed by atoms with van der Waals surface area (Å²) in [5.41, 5.74) is 1.46. The van der Waals surface area contributed by atoms with Crippen molar-refractivity contribution in [3.63, 3.8) is 0 Å². The Hall–Kier alpha value is -3.27. The van der Waals surface area contributed by atoms with E-state index in [0.717, 1.165) is 27.6 Å². The van der Waals surface area contributed by atoms with Crippen LogP contribution in [0.3, 0.4) is 0 Å². The van der Waals surface area contributed by atoms with Gasteiger partial charge in [-0.1, -0.05) is 62.8 Å². The third kappa shape index (κ3) is 5.58. The lowest BCUT2D eigenvalue weighted by Crippen LogP contribution is -2.33. The molecule has 3 heterocycles. The van der Waals surface area contributed by atoms with Crippen LogP contribution in [0.1, 0.15) is 16.4 Å². The molecule has 10 nitrogen and oxygen atoms in total. The van der Waals surface area contributed by atoms with E-state index in [4.69, 9.17) is 16.7 Å². The quantitative estimate of drug-likeness (QED) is 0.281. The predicted octanol–water partition coefficient (Wildman–Crippen LogP) is 4.41. The molecular weight excluding hydrogens is 700 g/mol. The van der Waals surface area contributed by atoms with Crippen LogP contribution in [-0.4, -0.2) is 36.0 Å². The number of aromatic nitrogens is 1. The summed E-state index contributed by atoms with van der Waals surface area (Å²) in [4.78, 5) is 55.3. The number of hydrogen-bond donors (Lipinski definition) is 2. The average molecular weight is 720 g/mol. The lowest BCUT2D eigenvalue weighted by molar-refractivity contribution is -0.122. The number of nitrogens with two attached hydrogens (primary N) is 1. The Bertz CT molecular complexity index is 1940. The van der Waals surface area contributed by atoms with Crippen molar-refractivity contribution < 1.29 is 22.8 Å². The number of primary sulfonamides is 1. The number of hydrogen-bond acceptors (Lipinski definition) is 8. The van der Waals surface area contributed by atoms with E-state index in [2.05, 4.69) is 21.2 Å². The number of thiazole rings is 1. The molecule has 15 heteroatoms. The highest BCUT2D eigenvalue weighted by molar-refractivity contribution is 9.10. The van der Waals surface area contributed by atoms with E-state index < -0.39 is 43.8 Å². The van der Waals surface area contributed by atoms with Gasteiger partial charge < -0.3 is 5.32 Å². The fourth-order valence-electron chi connectivity index (χ4n) is 5.20. The Balaban J connectivity index is 1.36. The van der Waals surface area contributed by atoms with Gasteiger partial charge >= 0.3 is 4.87 Å². The SMILES string of the molecule is NS(=O)(=O)c1ccc(NC(=O)Cn2c3c(sc2=O)[C@@H](c2ccc(Cl)cc2)[C@H]2C(=O)N(c4ccc(Br)cc4)C(=O)[C@H]2S3)cc1. The number of anilines is 2. The van der Waals surface area contributed by atoms with Gasteiger partial charge in [-0.25, -0.2) is 18.5 Å². The number of rotatable bonds is 6. The van der Waals surface area contributed by atoms with Crippen molar-refractivity contribution in [1.29, 1.82) is 0 Å². The Kier molecular flexibility index (Phi) is 7.85. The molecule has 43 heavy (non-hydrogen) atoms. The molecule has 4 aromatic rings. The molecule has 3 atom stereocenters. The van der Waals surface area contributed by atoms with Gasteiger partial charge in [-0.2, -0.15) is 0 Å². The molecule has 1 fully saturated rings. The number of fused-ring (bicyclic) bond motifs is 2. The minimum Gasteiger partial charge on any atom is -0.325 e. The summed E-state index contributed by atoms with van der Waals surface area (Å²) in [5, 5.41) is 7.88. The number of carbonyl (C=O) groups excluding carboxylic acids is 3. The van der Waals surface area contributed by atoms with Crippen molar-refractivity contribution in [1.82, 2.24) is 4.57 Å². The van der Waals surface area contributed by atoms with Crippen LogP contribution in [0, 0.1) is 5.92 Å². The molecule has 2 aliphatic heterocycles. The van der Waals surface area contributed by atoms with Gasteiger partial charge in [-0.05, 0) is 66.2 Å². The lowest BCUT2D eigenvalue weighted by Gasteiger charge is -2.30. The van der Waals surface area contributed by atoms with Crippen LogP contribution >= 0.6 is 50.6 Å². The molecular formula is C28H20BrClN4O6S3. The number of halogens is 2. The van der Waals surface area contributed by atoms with Gasteiger partial charge in [-0.3, -0.25) is 23.7 Å². The smallest absolute Gasteiger partial charge is 0.308 e. The first-order chi connectivity index (χ1) is 20.4. The molecule has 1 saturated heterocycles. The van der Waals surface area contributed by atoms with Crippen LogP contribution in [0.25, 0.3) is 0 Å². The van der Waals surface area contributed by atoms with Gasteiger partial charge in [0, 0.05) is 26.0 Å². The maximum absolute atomic E-state index is 13.9. The fraction of sp³-hybridized carbons (Fsp3) is 0.143. The highest BCUT2D eigenvalue weighted by atomic mass is 79.9. The second-order valence-electron chi connectivity index (χ2n) is 9.82. The predicted molar refractivity (Wildman–Crippen MR) is 168 cm³/mol. The van der Waals surface area contributed by atoms with Crippen molar-refractivity contribution in [3.05, 3.63) is 102 Å². The van der Waals surface area contributed by atoms with Gasteiger partial charge in [-0.15, -0.1) is 0 Å². The van der Waals surface area contributed by atoms with Gasteiger partial charge in [0.2, 0.25) is 27.7 Å². The molecule has 0 saturated carbocycles. The third-order valence-electron chi connectivity index (χ3n) is 7.13. The summed E-state index contributed by atoms with van der Waals surface area (Å²) in [5.74, 6) is -2.72. The van der Waals surface area contributed by atoms with E-state index in [-0.39, 0.29) is 17.3 Å². The molecule has 1 aromatic heterocycles. The number of benzene rings is 3. The van der Waals surface area contributed by atoms with Crippen molar-refractivity contribution in [3.8, 4) is 0 Å². The molecule has 0 unspecified atom stereocenters. The van der Waals surface area contributed by atoms with E-state index in [0.29, 0.717) is 31.9 Å². The monoisotopic (exact) mass is 718 g/mol. The van der Waals surface area contributed by atoms with Crippen molar-refractivity contribution >= 4 is 89.7 Å². The van der Waals surface area contributed by atoms with E-state index in [1.54, 1.807) is 48.5 Å². The van der Waals surface area contributed by atoms with Crippen LogP contribution in [0.15, 0.2) is 92.0 Å². The number of nitrogens with zero attached hydrogens (tertiary/aromatic N) is 2. The number of imide groups is 1. The normalized spacial score (nSPS) is 19.7. The Morgan fingerprint density at radius 2 is 1.60 bits per heavy atom. The topological polar surface area (TPSA) is 149 Å². The maximum atomic E-state index is 13.9. The summed E-state index contributed by atoms with van der Waals surface area (Å²) in [7, 11) is -3.90. The van der Waals surface area contributed by atoms with Crippen LogP contribution in [0.5, 0.6) is 0 Å². The molecule has 3 aromatic carbocycles. The van der Waals surface area contributed by atoms with Crippen molar-refractivity contribution in [2.75, 3.05) is 10.2 Å². The van der Waals surface area contributed by atoms with Crippen LogP contribution in [-0.2, 0) is 31.0 Å². The van der Waals surface area contributed by atoms with Crippen molar-refractivity contribution in [2.45, 2.75) is 27.6 Å². The average Bonchev–Trinajstić information content (AvgIpc) is 3.40. The number of carbonyl (C=O) groups is 3. The zero-order chi connectivity index (χ0) is 30.6. The highest BCUT2D eigenvalue weighted by Gasteiger charge is 2.56. The molecule has 0 aliphatic carbocycles. The molecule has 0 spiro atoms. The standard InChI is InChI=1S/C28H20BrClN4O6S3/c29-15-3-9-18(10-4-15)34-25(36)22-21(14-1-5-16(30)6-2-14)24-27(41-23(22)26(34)37)33(28(38)42-24)13-20(35)32-17-7-11-19(12-8-17)43(31,39)40/h1-12,21-23H,13H2,(H,32,35)(H2,31,39,40)/t21-,22+,23-/m0/s1. The lowest BCUT2D eigenvalue weighted by atomic mass is 9.83. The summed E-state index contributed by atoms with van der Waals surface area (Å²) in [6, 6.07) is 19.1. The zero-order valence-electron chi connectivity index (χ0n) is 21.8. The first kappa shape index (κ1) is 29.8. The van der Waals surface area contributed by atoms with E-state index in [1.807, 2.05) is 0 Å². The zero-order valence-corrected chi connectivity index (χ0v) is 26.6. The molecule has 220 valence electrons. The second-order valence-corrected chi connectivity index (χ2v) is 14.9. The fourth-order valence-corrected chi connectivity index (χ4v) is 8.88. The van der Waals surface area contributed by atoms with Gasteiger partial charge in [0.15, 0.2) is 0 Å². The van der Waals surface area contributed by atoms with Crippen LogP contribution < -0.4 is 20.2 Å². The minimum absolute atomic E-state index is 0.110. The van der Waals surface area contributed by atoms with E-state index in [1.165, 1.54) is 33.7 Å². The number of nitrogens with one attached hydrogen (secondary N) is 1. The highest BCUT2D eigenvalue weighted by Crippen LogP contribution is 2.54. The Morgan fingerprint density at radius 1 is 0.953 bits per heavy atom. The molecule has 3 amide bonds. The molecule has 0 bridgehead atoms. The van der Waals surface area contributed by atoms with Gasteiger partial charge in [0.25, 0.3) is 0 Å². The van der Waals surface area contributed by atoms with Gasteiger partial charge in [0.1, 0.15) is 11.8 Å². The summed E-state index contributed by atoms with van der Waals surface area (Å²) in [6.07, 6.45) is 0. The number of amides is 3. The first-order valence-electron chi connectivity index (χ1n) is 12.6. The Labute approximate surface area is 267 Å². The van der Waals surface area contributed by atoms with Crippen LogP contribution in [0.4, 0.5) is 11.4 Å². The van der Waals surface area contributed by atoms with E-state index >= 15 is 0 Å². The summed E-state index contributed by atoms with van der Waals surface area (Å²) in [6.45, 7) is -0.363. The largest absolute Gasteiger partial charge is 0.325 e. The number of sulfonamides is 1. The van der Waals surface area contributed by atoms with Crippen molar-refractivity contribution in [2.24, 2.45) is 11.1 Å². The maximum Gasteiger partial charge on any atom is 0.308 e. The Morgan fingerprint density at radius 3 is 2.23 bits per heavy atom. The van der Waals surface area contributed by atoms with Crippen LogP contribution in [0.2, 0.25) is 5.02 Å². The number of thioether (sulfide) groups is 1. The molecule has 3 N–H and O–H groups in total. The summed E-state index contributed by atoms with van der Waals surface area (Å²) >= 11 is 11.6. The van der Waals surface area contributed by atoms with Gasteiger partial charge in [0.05, 0.1) is 21.5 Å². The molecule has 0 radical (unpaired) electrons. The molecule has 6 rings (SSSR count). The minimum atomic E-state index is -3.90. The van der Waals surface area contributed by atoms with E-state index in [9.17, 15) is 27.6 Å². The molecule has 2 aliphatic rings.